The summed E-state index contributed by atoms with van der Waals surface area (Å²) in [5, 5.41) is 4.41. The number of hydrogen-bond acceptors (Lipinski definition) is 6. The molecular formula is C27H25FN6O. The summed E-state index contributed by atoms with van der Waals surface area (Å²) >= 11 is 0. The zero-order valence-electron chi connectivity index (χ0n) is 20.1. The number of aromatic nitrogens is 6. The third-order valence-corrected chi connectivity index (χ3v) is 5.93. The summed E-state index contributed by atoms with van der Waals surface area (Å²) in [6.45, 7) is 6.88. The molecule has 3 heterocycles. The normalized spacial score (nSPS) is 11.3. The summed E-state index contributed by atoms with van der Waals surface area (Å²) in [6, 6.07) is 13.0. The zero-order chi connectivity index (χ0) is 24.5. The van der Waals surface area contributed by atoms with Gasteiger partial charge < -0.3 is 4.74 Å². The van der Waals surface area contributed by atoms with Gasteiger partial charge in [-0.1, -0.05) is 24.3 Å². The van der Waals surface area contributed by atoms with Crippen molar-refractivity contribution in [3.63, 3.8) is 0 Å². The number of aryl methyl sites for hydroxylation is 3. The van der Waals surface area contributed by atoms with E-state index in [1.807, 2.05) is 68.2 Å². The molecule has 0 spiro atoms. The van der Waals surface area contributed by atoms with Crippen LogP contribution in [0.3, 0.4) is 0 Å². The molecule has 7 nitrogen and oxygen atoms in total. The number of nitrogens with zero attached hydrogens (tertiary/aromatic N) is 6. The van der Waals surface area contributed by atoms with Crippen LogP contribution in [0.15, 0.2) is 54.9 Å². The molecule has 0 saturated carbocycles. The van der Waals surface area contributed by atoms with Crippen molar-refractivity contribution >= 4 is 11.2 Å². The molecule has 0 fully saturated rings. The first-order valence-electron chi connectivity index (χ1n) is 11.3. The second-order valence-electron chi connectivity index (χ2n) is 8.51. The topological polar surface area (TPSA) is 78.6 Å². The van der Waals surface area contributed by atoms with Gasteiger partial charge in [-0.05, 0) is 50.1 Å². The highest BCUT2D eigenvalue weighted by Crippen LogP contribution is 2.31. The van der Waals surface area contributed by atoms with Gasteiger partial charge in [-0.15, -0.1) is 0 Å². The maximum atomic E-state index is 15.0. The molecule has 0 aliphatic heterocycles. The van der Waals surface area contributed by atoms with E-state index in [1.165, 1.54) is 6.07 Å². The van der Waals surface area contributed by atoms with Crippen LogP contribution in [0.2, 0.25) is 0 Å². The SMILES string of the molecule is COCCn1cc(-c2cccc(-c3nc(-c4ccc(C)cc4F)c4nc(C)c(C)nc4n3)c2)cn1. The largest absolute Gasteiger partial charge is 0.383 e. The van der Waals surface area contributed by atoms with Gasteiger partial charge >= 0.3 is 0 Å². The average molecular weight is 469 g/mol. The molecule has 5 rings (SSSR count). The fraction of sp³-hybridized carbons (Fsp3) is 0.222. The lowest BCUT2D eigenvalue weighted by molar-refractivity contribution is 0.183. The second-order valence-corrected chi connectivity index (χ2v) is 8.51. The molecule has 2 aromatic carbocycles. The molecule has 0 unspecified atom stereocenters. The van der Waals surface area contributed by atoms with Gasteiger partial charge in [0.15, 0.2) is 11.5 Å². The Bertz CT molecular complexity index is 1540. The first-order valence-corrected chi connectivity index (χ1v) is 11.3. The average Bonchev–Trinajstić information content (AvgIpc) is 3.32. The molecule has 0 N–H and O–H groups in total. The highest BCUT2D eigenvalue weighted by Gasteiger charge is 2.18. The van der Waals surface area contributed by atoms with Gasteiger partial charge in [0.1, 0.15) is 17.0 Å². The van der Waals surface area contributed by atoms with Gasteiger partial charge in [0.05, 0.1) is 30.7 Å². The summed E-state index contributed by atoms with van der Waals surface area (Å²) in [4.78, 5) is 18.8. The monoisotopic (exact) mass is 468 g/mol. The van der Waals surface area contributed by atoms with Crippen molar-refractivity contribution in [1.82, 2.24) is 29.7 Å². The first kappa shape index (κ1) is 22.7. The van der Waals surface area contributed by atoms with Crippen molar-refractivity contribution in [1.29, 1.82) is 0 Å². The van der Waals surface area contributed by atoms with Crippen LogP contribution in [0.5, 0.6) is 0 Å². The summed E-state index contributed by atoms with van der Waals surface area (Å²) in [6.07, 6.45) is 3.80. The molecule has 0 radical (unpaired) electrons. The maximum Gasteiger partial charge on any atom is 0.182 e. The Balaban J connectivity index is 1.65. The third kappa shape index (κ3) is 4.52. The zero-order valence-corrected chi connectivity index (χ0v) is 20.1. The Morgan fingerprint density at radius 1 is 0.886 bits per heavy atom. The van der Waals surface area contributed by atoms with Crippen LogP contribution in [0.25, 0.3) is 44.9 Å². The molecule has 0 aliphatic rings. The summed E-state index contributed by atoms with van der Waals surface area (Å²) in [5.41, 5.74) is 6.83. The van der Waals surface area contributed by atoms with Crippen LogP contribution in [0.1, 0.15) is 17.0 Å². The van der Waals surface area contributed by atoms with Crippen LogP contribution < -0.4 is 0 Å². The highest BCUT2D eigenvalue weighted by molar-refractivity contribution is 5.89. The molecule has 176 valence electrons. The molecule has 3 aromatic heterocycles. The fourth-order valence-corrected chi connectivity index (χ4v) is 3.90. The highest BCUT2D eigenvalue weighted by atomic mass is 19.1. The van der Waals surface area contributed by atoms with Crippen molar-refractivity contribution in [2.45, 2.75) is 27.3 Å². The van der Waals surface area contributed by atoms with E-state index >= 15 is 4.39 Å². The predicted octanol–water partition coefficient (Wildman–Crippen LogP) is 5.33. The van der Waals surface area contributed by atoms with Crippen molar-refractivity contribution in [2.75, 3.05) is 13.7 Å². The predicted molar refractivity (Wildman–Crippen MR) is 133 cm³/mol. The summed E-state index contributed by atoms with van der Waals surface area (Å²) in [7, 11) is 1.67. The number of methoxy groups -OCH3 is 1. The molecular weight excluding hydrogens is 443 g/mol. The lowest BCUT2D eigenvalue weighted by Gasteiger charge is -2.11. The number of rotatable bonds is 6. The van der Waals surface area contributed by atoms with Crippen LogP contribution >= 0.6 is 0 Å². The van der Waals surface area contributed by atoms with E-state index in [2.05, 4.69) is 15.1 Å². The van der Waals surface area contributed by atoms with Crippen LogP contribution in [0, 0.1) is 26.6 Å². The minimum atomic E-state index is -0.354. The second kappa shape index (κ2) is 9.31. The van der Waals surface area contributed by atoms with Crippen LogP contribution in [-0.4, -0.2) is 43.4 Å². The number of hydrogen-bond donors (Lipinski definition) is 0. The van der Waals surface area contributed by atoms with E-state index in [4.69, 9.17) is 14.7 Å². The molecule has 0 bridgehead atoms. The quantitative estimate of drug-likeness (QED) is 0.335. The van der Waals surface area contributed by atoms with E-state index in [9.17, 15) is 0 Å². The molecule has 0 aliphatic carbocycles. The third-order valence-electron chi connectivity index (χ3n) is 5.93. The Kier molecular flexibility index (Phi) is 6.05. The van der Waals surface area contributed by atoms with E-state index in [0.717, 1.165) is 33.6 Å². The van der Waals surface area contributed by atoms with Gasteiger partial charge in [0.25, 0.3) is 0 Å². The minimum absolute atomic E-state index is 0.354. The Hall–Kier alpha value is -4.04. The molecule has 8 heteroatoms. The summed E-state index contributed by atoms with van der Waals surface area (Å²) < 4.78 is 22.0. The standard InChI is InChI=1S/C27H25FN6O/c1-16-8-9-22(23(28)12-16)24-25-27(31-18(3)17(2)30-25)33-26(32-24)20-7-5-6-19(13-20)21-14-29-34(15-21)10-11-35-4/h5-9,12-15H,10-11H2,1-4H3. The minimum Gasteiger partial charge on any atom is -0.383 e. The van der Waals surface area contributed by atoms with Gasteiger partial charge in [-0.25, -0.2) is 24.3 Å². The number of halogens is 1. The van der Waals surface area contributed by atoms with E-state index in [1.54, 1.807) is 13.2 Å². The number of fused-ring (bicyclic) bond motifs is 1. The molecule has 35 heavy (non-hydrogen) atoms. The first-order chi connectivity index (χ1) is 16.9. The summed E-state index contributed by atoms with van der Waals surface area (Å²) in [5.74, 6) is 0.104. The van der Waals surface area contributed by atoms with Gasteiger partial charge in [-0.3, -0.25) is 4.68 Å². The van der Waals surface area contributed by atoms with Crippen LogP contribution in [-0.2, 0) is 11.3 Å². The molecule has 0 amide bonds. The van der Waals surface area contributed by atoms with Crippen LogP contribution in [0.4, 0.5) is 4.39 Å². The van der Waals surface area contributed by atoms with Gasteiger partial charge in [0, 0.05) is 30.0 Å². The lowest BCUT2D eigenvalue weighted by atomic mass is 10.0. The lowest BCUT2D eigenvalue weighted by Crippen LogP contribution is -2.03. The Morgan fingerprint density at radius 2 is 1.69 bits per heavy atom. The number of ether oxygens (including phenoxy) is 1. The number of benzene rings is 2. The Morgan fingerprint density at radius 3 is 2.49 bits per heavy atom. The molecule has 5 aromatic rings. The van der Waals surface area contributed by atoms with E-state index in [0.29, 0.717) is 41.4 Å². The maximum absolute atomic E-state index is 15.0. The fourth-order valence-electron chi connectivity index (χ4n) is 3.90. The Labute approximate surface area is 202 Å². The van der Waals surface area contributed by atoms with Crippen molar-refractivity contribution < 1.29 is 9.13 Å². The van der Waals surface area contributed by atoms with Gasteiger partial charge in [-0.2, -0.15) is 5.10 Å². The van der Waals surface area contributed by atoms with Crippen molar-refractivity contribution in [3.8, 4) is 33.8 Å². The van der Waals surface area contributed by atoms with E-state index in [-0.39, 0.29) is 5.82 Å². The smallest absolute Gasteiger partial charge is 0.182 e. The molecule has 0 saturated heterocycles. The molecule has 0 atom stereocenters. The van der Waals surface area contributed by atoms with Crippen molar-refractivity contribution in [3.05, 3.63) is 77.6 Å². The van der Waals surface area contributed by atoms with Crippen molar-refractivity contribution in [2.24, 2.45) is 0 Å². The van der Waals surface area contributed by atoms with Gasteiger partial charge in [0.2, 0.25) is 0 Å². The van der Waals surface area contributed by atoms with E-state index < -0.39 is 0 Å².